The number of benzene rings is 1. The molecule has 3 heteroatoms. The van der Waals surface area contributed by atoms with Crippen LogP contribution in [0, 0.1) is 11.7 Å². The van der Waals surface area contributed by atoms with Crippen LogP contribution in [0.25, 0.3) is 0 Å². The Morgan fingerprint density at radius 1 is 1.10 bits per heavy atom. The summed E-state index contributed by atoms with van der Waals surface area (Å²) >= 11 is 0. The van der Waals surface area contributed by atoms with Gasteiger partial charge in [0.25, 0.3) is 0 Å². The fourth-order valence-electron chi connectivity index (χ4n) is 3.97. The molecule has 1 saturated heterocycles. The van der Waals surface area contributed by atoms with E-state index in [0.29, 0.717) is 18.5 Å². The number of halogens is 1. The van der Waals surface area contributed by atoms with E-state index in [2.05, 4.69) is 4.90 Å². The topological polar surface area (TPSA) is 23.5 Å². The molecule has 3 atom stereocenters. The zero-order valence-electron chi connectivity index (χ0n) is 12.0. The molecular weight excluding hydrogens is 253 g/mol. The van der Waals surface area contributed by atoms with Gasteiger partial charge in [0.1, 0.15) is 5.82 Å². The molecule has 0 amide bonds. The van der Waals surface area contributed by atoms with Gasteiger partial charge in [-0.2, -0.15) is 0 Å². The summed E-state index contributed by atoms with van der Waals surface area (Å²) in [6.45, 7) is 1.71. The molecule has 1 saturated carbocycles. The predicted octanol–water partition coefficient (Wildman–Crippen LogP) is 3.34. The van der Waals surface area contributed by atoms with E-state index in [0.717, 1.165) is 37.8 Å². The van der Waals surface area contributed by atoms with E-state index in [1.165, 1.54) is 18.9 Å². The molecule has 2 fully saturated rings. The molecule has 1 N–H and O–H groups in total. The Morgan fingerprint density at radius 3 is 2.70 bits per heavy atom. The van der Waals surface area contributed by atoms with Gasteiger partial charge in [0.2, 0.25) is 0 Å². The number of aliphatic hydroxyl groups is 1. The fraction of sp³-hybridized carbons (Fsp3) is 0.647. The van der Waals surface area contributed by atoms with Crippen molar-refractivity contribution in [1.29, 1.82) is 0 Å². The van der Waals surface area contributed by atoms with E-state index >= 15 is 0 Å². The lowest BCUT2D eigenvalue weighted by atomic mass is 9.80. The minimum absolute atomic E-state index is 0.109. The van der Waals surface area contributed by atoms with Gasteiger partial charge in [0, 0.05) is 24.1 Å². The Kier molecular flexibility index (Phi) is 4.37. The summed E-state index contributed by atoms with van der Waals surface area (Å²) in [6.07, 6.45) is 6.60. The minimum Gasteiger partial charge on any atom is -0.393 e. The van der Waals surface area contributed by atoms with Crippen molar-refractivity contribution in [2.75, 3.05) is 6.54 Å². The summed E-state index contributed by atoms with van der Waals surface area (Å²) in [5, 5.41) is 10.3. The second-order valence-corrected chi connectivity index (χ2v) is 6.29. The standard InChI is InChI=1S/C17H24FNO/c18-15-8-3-1-6-13(15)12-19-11-5-9-16(19)14-7-2-4-10-17(14)20/h1,3,6,8,14,16-17,20H,2,4-5,7,9-12H2. The number of nitrogens with zero attached hydrogens (tertiary/aromatic N) is 1. The van der Waals surface area contributed by atoms with E-state index in [-0.39, 0.29) is 11.9 Å². The Hall–Kier alpha value is -0.930. The first kappa shape index (κ1) is 14.0. The molecule has 1 aromatic carbocycles. The first-order chi connectivity index (χ1) is 9.75. The first-order valence-electron chi connectivity index (χ1n) is 7.91. The molecule has 2 aliphatic rings. The third-order valence-corrected chi connectivity index (χ3v) is 5.02. The molecule has 2 nitrogen and oxygen atoms in total. The molecule has 1 heterocycles. The zero-order chi connectivity index (χ0) is 13.9. The zero-order valence-corrected chi connectivity index (χ0v) is 12.0. The molecule has 3 rings (SSSR count). The molecule has 20 heavy (non-hydrogen) atoms. The first-order valence-corrected chi connectivity index (χ1v) is 7.91. The third-order valence-electron chi connectivity index (χ3n) is 5.02. The lowest BCUT2D eigenvalue weighted by molar-refractivity contribution is 0.0199. The summed E-state index contributed by atoms with van der Waals surface area (Å²) in [4.78, 5) is 2.39. The molecule has 1 aliphatic heterocycles. The second kappa shape index (κ2) is 6.23. The number of likely N-dealkylation sites (tertiary alicyclic amines) is 1. The highest BCUT2D eigenvalue weighted by atomic mass is 19.1. The van der Waals surface area contributed by atoms with Crippen molar-refractivity contribution in [2.45, 2.75) is 57.2 Å². The van der Waals surface area contributed by atoms with Crippen molar-refractivity contribution < 1.29 is 9.50 Å². The molecule has 1 aromatic rings. The highest BCUT2D eigenvalue weighted by Gasteiger charge is 2.36. The SMILES string of the molecule is OC1CCCCC1C1CCCN1Cc1ccccc1F. The molecular formula is C17H24FNO. The van der Waals surface area contributed by atoms with Crippen LogP contribution in [-0.2, 0) is 6.54 Å². The Bertz CT molecular complexity index is 450. The van der Waals surface area contributed by atoms with Gasteiger partial charge in [0.15, 0.2) is 0 Å². The summed E-state index contributed by atoms with van der Waals surface area (Å²) in [5.74, 6) is 0.278. The minimum atomic E-state index is -0.157. The van der Waals surface area contributed by atoms with E-state index in [9.17, 15) is 9.50 Å². The van der Waals surface area contributed by atoms with Gasteiger partial charge in [-0.05, 0) is 38.3 Å². The molecule has 0 bridgehead atoms. The molecule has 3 unspecified atom stereocenters. The second-order valence-electron chi connectivity index (χ2n) is 6.29. The van der Waals surface area contributed by atoms with Crippen molar-refractivity contribution in [1.82, 2.24) is 4.90 Å². The van der Waals surface area contributed by atoms with E-state index < -0.39 is 0 Å². The lowest BCUT2D eigenvalue weighted by Gasteiger charge is -2.37. The molecule has 0 radical (unpaired) electrons. The summed E-state index contributed by atoms with van der Waals surface area (Å²) < 4.78 is 13.8. The highest BCUT2D eigenvalue weighted by molar-refractivity contribution is 5.17. The predicted molar refractivity (Wildman–Crippen MR) is 77.8 cm³/mol. The average molecular weight is 277 g/mol. The van der Waals surface area contributed by atoms with Gasteiger partial charge in [-0.15, -0.1) is 0 Å². The number of hydrogen-bond donors (Lipinski definition) is 1. The van der Waals surface area contributed by atoms with Crippen LogP contribution in [0.15, 0.2) is 24.3 Å². The molecule has 0 spiro atoms. The van der Waals surface area contributed by atoms with Crippen LogP contribution in [0.5, 0.6) is 0 Å². The van der Waals surface area contributed by atoms with Crippen molar-refractivity contribution in [3.63, 3.8) is 0 Å². The van der Waals surface area contributed by atoms with Crippen LogP contribution in [-0.4, -0.2) is 28.7 Å². The van der Waals surface area contributed by atoms with Gasteiger partial charge in [-0.3, -0.25) is 4.90 Å². The van der Waals surface area contributed by atoms with Crippen LogP contribution in [0.2, 0.25) is 0 Å². The summed E-state index contributed by atoms with van der Waals surface area (Å²) in [6, 6.07) is 7.49. The van der Waals surface area contributed by atoms with E-state index in [1.54, 1.807) is 6.07 Å². The van der Waals surface area contributed by atoms with Crippen LogP contribution >= 0.6 is 0 Å². The smallest absolute Gasteiger partial charge is 0.127 e. The quantitative estimate of drug-likeness (QED) is 0.916. The van der Waals surface area contributed by atoms with Gasteiger partial charge in [0.05, 0.1) is 6.10 Å². The number of aliphatic hydroxyl groups excluding tert-OH is 1. The van der Waals surface area contributed by atoms with Crippen molar-refractivity contribution in [3.8, 4) is 0 Å². The highest BCUT2D eigenvalue weighted by Crippen LogP contribution is 2.35. The number of hydrogen-bond acceptors (Lipinski definition) is 2. The monoisotopic (exact) mass is 277 g/mol. The Labute approximate surface area is 120 Å². The van der Waals surface area contributed by atoms with Crippen molar-refractivity contribution in [3.05, 3.63) is 35.6 Å². The van der Waals surface area contributed by atoms with Gasteiger partial charge in [-0.1, -0.05) is 31.0 Å². The largest absolute Gasteiger partial charge is 0.393 e. The van der Waals surface area contributed by atoms with E-state index in [4.69, 9.17) is 0 Å². The lowest BCUT2D eigenvalue weighted by Crippen LogP contribution is -2.42. The summed E-state index contributed by atoms with van der Waals surface area (Å²) in [5.41, 5.74) is 0.782. The third kappa shape index (κ3) is 2.89. The normalized spacial score (nSPS) is 31.6. The molecule has 0 aromatic heterocycles. The fourth-order valence-corrected chi connectivity index (χ4v) is 3.97. The Morgan fingerprint density at radius 2 is 1.90 bits per heavy atom. The summed E-state index contributed by atoms with van der Waals surface area (Å²) in [7, 11) is 0. The molecule has 1 aliphatic carbocycles. The maximum Gasteiger partial charge on any atom is 0.127 e. The molecule has 110 valence electrons. The van der Waals surface area contributed by atoms with Crippen molar-refractivity contribution in [2.24, 2.45) is 5.92 Å². The van der Waals surface area contributed by atoms with Gasteiger partial charge >= 0.3 is 0 Å². The van der Waals surface area contributed by atoms with E-state index in [1.807, 2.05) is 12.1 Å². The number of rotatable bonds is 3. The average Bonchev–Trinajstić information content (AvgIpc) is 2.90. The van der Waals surface area contributed by atoms with Gasteiger partial charge < -0.3 is 5.11 Å². The maximum absolute atomic E-state index is 13.8. The van der Waals surface area contributed by atoms with Crippen LogP contribution < -0.4 is 0 Å². The maximum atomic E-state index is 13.8. The van der Waals surface area contributed by atoms with Crippen LogP contribution in [0.4, 0.5) is 4.39 Å². The van der Waals surface area contributed by atoms with Gasteiger partial charge in [-0.25, -0.2) is 4.39 Å². The van der Waals surface area contributed by atoms with Crippen LogP contribution in [0.3, 0.4) is 0 Å². The van der Waals surface area contributed by atoms with Crippen molar-refractivity contribution >= 4 is 0 Å². The van der Waals surface area contributed by atoms with Crippen LogP contribution in [0.1, 0.15) is 44.1 Å². The Balaban J connectivity index is 1.71.